The molecule has 4 heteroatoms. The molecule has 33 heavy (non-hydrogen) atoms. The van der Waals surface area contributed by atoms with Gasteiger partial charge in [0.1, 0.15) is 12.2 Å². The van der Waals surface area contributed by atoms with E-state index in [1.165, 1.54) is 0 Å². The fourth-order valence-electron chi connectivity index (χ4n) is 4.11. The van der Waals surface area contributed by atoms with Gasteiger partial charge in [0.05, 0.1) is 17.0 Å². The third-order valence-corrected chi connectivity index (χ3v) is 5.77. The van der Waals surface area contributed by atoms with Gasteiger partial charge >= 0.3 is 11.9 Å². The molecule has 0 fully saturated rings. The third-order valence-electron chi connectivity index (χ3n) is 5.77. The lowest BCUT2D eigenvalue weighted by Crippen LogP contribution is -2.33. The van der Waals surface area contributed by atoms with Gasteiger partial charge in [-0.2, -0.15) is 0 Å². The molecule has 0 N–H and O–H groups in total. The van der Waals surface area contributed by atoms with Crippen molar-refractivity contribution in [1.82, 2.24) is 0 Å². The van der Waals surface area contributed by atoms with Gasteiger partial charge in [0, 0.05) is 0 Å². The Balaban J connectivity index is 1.63. The molecule has 0 bridgehead atoms. The molecule has 166 valence electrons. The molecule has 0 aromatic heterocycles. The van der Waals surface area contributed by atoms with Crippen LogP contribution in [0.1, 0.15) is 46.0 Å². The highest BCUT2D eigenvalue weighted by atomic mass is 16.6. The van der Waals surface area contributed by atoms with Crippen molar-refractivity contribution >= 4 is 22.7 Å². The quantitative estimate of drug-likeness (QED) is 0.313. The second-order valence-corrected chi connectivity index (χ2v) is 8.09. The summed E-state index contributed by atoms with van der Waals surface area (Å²) in [4.78, 5) is 25.5. The van der Waals surface area contributed by atoms with Gasteiger partial charge < -0.3 is 9.47 Å². The van der Waals surface area contributed by atoms with Crippen LogP contribution in [0.4, 0.5) is 0 Å². The van der Waals surface area contributed by atoms with Gasteiger partial charge in [-0.3, -0.25) is 0 Å². The maximum atomic E-state index is 12.7. The van der Waals surface area contributed by atoms with E-state index in [0.717, 1.165) is 16.3 Å². The van der Waals surface area contributed by atoms with Crippen LogP contribution in [0.15, 0.2) is 103 Å². The van der Waals surface area contributed by atoms with Crippen molar-refractivity contribution in [2.24, 2.45) is 0 Å². The molecule has 0 spiro atoms. The second kappa shape index (κ2) is 10.1. The number of fused-ring (bicyclic) bond motifs is 1. The number of carbonyl (C=O) groups excluding carboxylic acids is 2. The summed E-state index contributed by atoms with van der Waals surface area (Å²) in [5.41, 5.74) is 1.90. The molecule has 4 aromatic carbocycles. The highest BCUT2D eigenvalue weighted by molar-refractivity contribution is 5.90. The first-order valence-corrected chi connectivity index (χ1v) is 11.0. The fourth-order valence-corrected chi connectivity index (χ4v) is 4.11. The molecule has 4 nitrogen and oxygen atoms in total. The number of hydrogen-bond acceptors (Lipinski definition) is 4. The lowest BCUT2D eigenvalue weighted by atomic mass is 9.88. The molecule has 0 heterocycles. The van der Waals surface area contributed by atoms with Crippen LogP contribution in [-0.4, -0.2) is 24.1 Å². The highest BCUT2D eigenvalue weighted by Gasteiger charge is 2.31. The molecular weight excluding hydrogens is 412 g/mol. The van der Waals surface area contributed by atoms with Crippen molar-refractivity contribution < 1.29 is 19.1 Å². The Morgan fingerprint density at radius 3 is 1.55 bits per heavy atom. The van der Waals surface area contributed by atoms with Crippen LogP contribution in [0.3, 0.4) is 0 Å². The molecular formula is C29H26O4. The van der Waals surface area contributed by atoms with E-state index in [0.29, 0.717) is 11.1 Å². The van der Waals surface area contributed by atoms with Crippen molar-refractivity contribution in [3.8, 4) is 0 Å². The number of rotatable bonds is 7. The van der Waals surface area contributed by atoms with Crippen LogP contribution in [-0.2, 0) is 9.47 Å². The number of esters is 2. The average Bonchev–Trinajstić information content (AvgIpc) is 2.85. The van der Waals surface area contributed by atoms with E-state index < -0.39 is 24.1 Å². The molecule has 2 atom stereocenters. The number of benzene rings is 4. The lowest BCUT2D eigenvalue weighted by molar-refractivity contribution is -0.00320. The summed E-state index contributed by atoms with van der Waals surface area (Å²) in [5.74, 6) is -1.17. The van der Waals surface area contributed by atoms with Gasteiger partial charge in [0.15, 0.2) is 0 Å². The monoisotopic (exact) mass is 438 g/mol. The summed E-state index contributed by atoms with van der Waals surface area (Å²) in [7, 11) is 0. The van der Waals surface area contributed by atoms with E-state index in [9.17, 15) is 9.59 Å². The predicted octanol–water partition coefficient (Wildman–Crippen LogP) is 6.41. The SMILES string of the molecule is CC(OC(=O)c1ccccc1)C(c1ccc2ccccc2c1)C(C)OC(=O)c1ccccc1. The largest absolute Gasteiger partial charge is 0.458 e. The predicted molar refractivity (Wildman–Crippen MR) is 129 cm³/mol. The lowest BCUT2D eigenvalue weighted by Gasteiger charge is -2.30. The van der Waals surface area contributed by atoms with E-state index in [4.69, 9.17) is 9.47 Å². The van der Waals surface area contributed by atoms with Gasteiger partial charge in [-0.15, -0.1) is 0 Å². The Labute approximate surface area is 193 Å². The van der Waals surface area contributed by atoms with Crippen LogP contribution >= 0.6 is 0 Å². The highest BCUT2D eigenvalue weighted by Crippen LogP contribution is 2.31. The summed E-state index contributed by atoms with van der Waals surface area (Å²) in [5, 5.41) is 2.19. The first-order chi connectivity index (χ1) is 16.0. The van der Waals surface area contributed by atoms with Gasteiger partial charge in [0.2, 0.25) is 0 Å². The van der Waals surface area contributed by atoms with Crippen molar-refractivity contribution in [1.29, 1.82) is 0 Å². The minimum atomic E-state index is -0.530. The molecule has 0 aliphatic heterocycles. The van der Waals surface area contributed by atoms with Gasteiger partial charge in [-0.25, -0.2) is 9.59 Å². The summed E-state index contributed by atoms with van der Waals surface area (Å²) < 4.78 is 11.7. The summed E-state index contributed by atoms with van der Waals surface area (Å²) in [6.07, 6.45) is -1.06. The van der Waals surface area contributed by atoms with Crippen LogP contribution in [0.2, 0.25) is 0 Å². The first kappa shape index (κ1) is 22.3. The zero-order chi connectivity index (χ0) is 23.2. The Hall–Kier alpha value is -3.92. The minimum absolute atomic E-state index is 0.352. The van der Waals surface area contributed by atoms with E-state index in [2.05, 4.69) is 6.07 Å². The molecule has 0 saturated heterocycles. The van der Waals surface area contributed by atoms with E-state index in [1.807, 2.05) is 62.4 Å². The summed E-state index contributed by atoms with van der Waals surface area (Å²) >= 11 is 0. The maximum Gasteiger partial charge on any atom is 0.338 e. The topological polar surface area (TPSA) is 52.6 Å². The van der Waals surface area contributed by atoms with E-state index in [-0.39, 0.29) is 5.92 Å². The number of carbonyl (C=O) groups is 2. The molecule has 0 radical (unpaired) electrons. The molecule has 0 amide bonds. The first-order valence-electron chi connectivity index (χ1n) is 11.0. The fraction of sp³-hybridized carbons (Fsp3) is 0.172. The minimum Gasteiger partial charge on any atom is -0.458 e. The zero-order valence-electron chi connectivity index (χ0n) is 18.7. The Morgan fingerprint density at radius 1 is 0.576 bits per heavy atom. The average molecular weight is 439 g/mol. The van der Waals surface area contributed by atoms with Crippen molar-refractivity contribution in [3.63, 3.8) is 0 Å². The molecule has 0 saturated carbocycles. The smallest absolute Gasteiger partial charge is 0.338 e. The van der Waals surface area contributed by atoms with Crippen LogP contribution in [0.5, 0.6) is 0 Å². The van der Waals surface area contributed by atoms with Gasteiger partial charge in [-0.1, -0.05) is 78.9 Å². The van der Waals surface area contributed by atoms with Crippen LogP contribution in [0.25, 0.3) is 10.8 Å². The Kier molecular flexibility index (Phi) is 6.84. The van der Waals surface area contributed by atoms with Gasteiger partial charge in [-0.05, 0) is 54.4 Å². The standard InChI is InChI=1S/C29H26O4/c1-20(32-28(30)23-12-5-3-6-13-23)27(21(2)33-29(31)24-14-7-4-8-15-24)26-18-17-22-11-9-10-16-25(22)19-26/h3-21,27H,1-2H3. The van der Waals surface area contributed by atoms with E-state index in [1.54, 1.807) is 48.5 Å². The summed E-state index contributed by atoms with van der Waals surface area (Å²) in [6.45, 7) is 3.68. The molecule has 0 aliphatic carbocycles. The third kappa shape index (κ3) is 5.29. The summed E-state index contributed by atoms with van der Waals surface area (Å²) in [6, 6.07) is 32.0. The maximum absolute atomic E-state index is 12.7. The van der Waals surface area contributed by atoms with Crippen molar-refractivity contribution in [3.05, 3.63) is 120 Å². The number of hydrogen-bond donors (Lipinski definition) is 0. The van der Waals surface area contributed by atoms with Crippen LogP contribution in [0, 0.1) is 0 Å². The second-order valence-electron chi connectivity index (χ2n) is 8.09. The molecule has 0 aliphatic rings. The molecule has 2 unspecified atom stereocenters. The van der Waals surface area contributed by atoms with Crippen LogP contribution < -0.4 is 0 Å². The Bertz CT molecular complexity index is 1170. The van der Waals surface area contributed by atoms with Crippen molar-refractivity contribution in [2.75, 3.05) is 0 Å². The van der Waals surface area contributed by atoms with E-state index >= 15 is 0 Å². The zero-order valence-corrected chi connectivity index (χ0v) is 18.7. The number of ether oxygens (including phenoxy) is 2. The Morgan fingerprint density at radius 2 is 1.03 bits per heavy atom. The molecule has 4 rings (SSSR count). The molecule has 4 aromatic rings. The normalized spacial score (nSPS) is 13.6. The van der Waals surface area contributed by atoms with Gasteiger partial charge in [0.25, 0.3) is 0 Å². The van der Waals surface area contributed by atoms with Crippen molar-refractivity contribution in [2.45, 2.75) is 32.0 Å².